The number of nitrogens with two attached hydrogens (primary N) is 1. The number of thiophene rings is 1. The Hall–Kier alpha value is -2.34. The van der Waals surface area contributed by atoms with Crippen molar-refractivity contribution in [3.63, 3.8) is 0 Å². The number of aromatic nitrogens is 1. The molecule has 0 radical (unpaired) electrons. The number of anilines is 1. The van der Waals surface area contributed by atoms with Crippen molar-refractivity contribution in [2.24, 2.45) is 0 Å². The molecular weight excluding hydrogens is 276 g/mol. The minimum Gasteiger partial charge on any atom is -0.461 e. The summed E-state index contributed by atoms with van der Waals surface area (Å²) < 4.78 is 11.4. The number of oxazole rings is 1. The van der Waals surface area contributed by atoms with Crippen molar-refractivity contribution in [3.05, 3.63) is 36.0 Å². The van der Waals surface area contributed by atoms with E-state index in [1.165, 1.54) is 11.3 Å². The van der Waals surface area contributed by atoms with Gasteiger partial charge in [0, 0.05) is 4.70 Å². The molecule has 102 valence electrons. The molecule has 2 heterocycles. The highest BCUT2D eigenvalue weighted by molar-refractivity contribution is 7.22. The van der Waals surface area contributed by atoms with Gasteiger partial charge < -0.3 is 14.9 Å². The molecule has 2 N–H and O–H groups in total. The van der Waals surface area contributed by atoms with Gasteiger partial charge in [0.1, 0.15) is 0 Å². The summed E-state index contributed by atoms with van der Waals surface area (Å²) in [6, 6.07) is 9.92. The zero-order chi connectivity index (χ0) is 14.1. The molecule has 3 aromatic rings. The Labute approximate surface area is 119 Å². The lowest BCUT2D eigenvalue weighted by Gasteiger charge is -1.96. The van der Waals surface area contributed by atoms with Crippen molar-refractivity contribution in [1.29, 1.82) is 0 Å². The maximum absolute atomic E-state index is 11.7. The van der Waals surface area contributed by atoms with E-state index in [0.717, 1.165) is 15.0 Å². The summed E-state index contributed by atoms with van der Waals surface area (Å²) in [6.45, 7) is 1.99. The maximum atomic E-state index is 11.7. The largest absolute Gasteiger partial charge is 0.461 e. The van der Waals surface area contributed by atoms with Gasteiger partial charge in [-0.25, -0.2) is 4.79 Å². The predicted octanol–water partition coefficient (Wildman–Crippen LogP) is 3.32. The van der Waals surface area contributed by atoms with Gasteiger partial charge in [0.2, 0.25) is 17.5 Å². The first-order chi connectivity index (χ1) is 9.69. The van der Waals surface area contributed by atoms with E-state index in [0.29, 0.717) is 5.89 Å². The Morgan fingerprint density at radius 1 is 1.45 bits per heavy atom. The molecule has 1 aromatic carbocycles. The molecule has 0 aliphatic rings. The molecule has 0 fully saturated rings. The van der Waals surface area contributed by atoms with Gasteiger partial charge in [-0.15, -0.1) is 11.3 Å². The molecule has 5 nitrogen and oxygen atoms in total. The second kappa shape index (κ2) is 4.97. The highest BCUT2D eigenvalue weighted by Gasteiger charge is 2.21. The topological polar surface area (TPSA) is 78.3 Å². The van der Waals surface area contributed by atoms with E-state index >= 15 is 0 Å². The number of benzene rings is 1. The van der Waals surface area contributed by atoms with Crippen molar-refractivity contribution in [2.45, 2.75) is 6.92 Å². The van der Waals surface area contributed by atoms with Crippen LogP contribution in [0.3, 0.4) is 0 Å². The number of nitrogens with zero attached hydrogens (tertiary/aromatic N) is 1. The Kier molecular flexibility index (Phi) is 3.15. The van der Waals surface area contributed by atoms with E-state index < -0.39 is 5.97 Å². The summed E-state index contributed by atoms with van der Waals surface area (Å²) in [5, 5.41) is 1.10. The van der Waals surface area contributed by atoms with Crippen LogP contribution < -0.4 is 5.73 Å². The number of nitrogen functional groups attached to an aromatic ring is 1. The van der Waals surface area contributed by atoms with E-state index in [4.69, 9.17) is 14.9 Å². The lowest BCUT2D eigenvalue weighted by atomic mass is 10.2. The summed E-state index contributed by atoms with van der Waals surface area (Å²) in [6.07, 6.45) is 0. The third kappa shape index (κ3) is 2.14. The Bertz CT molecular complexity index is 743. The summed E-state index contributed by atoms with van der Waals surface area (Å²) in [4.78, 5) is 16.6. The molecule has 20 heavy (non-hydrogen) atoms. The number of hydrogen-bond acceptors (Lipinski definition) is 6. The van der Waals surface area contributed by atoms with Crippen molar-refractivity contribution in [3.8, 4) is 10.8 Å². The van der Waals surface area contributed by atoms with E-state index in [1.54, 1.807) is 6.92 Å². The monoisotopic (exact) mass is 288 g/mol. The van der Waals surface area contributed by atoms with Crippen LogP contribution in [0.5, 0.6) is 0 Å². The molecule has 0 bridgehead atoms. The zero-order valence-corrected chi connectivity index (χ0v) is 11.6. The van der Waals surface area contributed by atoms with E-state index in [2.05, 4.69) is 4.98 Å². The summed E-state index contributed by atoms with van der Waals surface area (Å²) in [5.74, 6) is -0.247. The number of rotatable bonds is 3. The predicted molar refractivity (Wildman–Crippen MR) is 77.7 cm³/mol. The van der Waals surface area contributed by atoms with Gasteiger partial charge in [-0.1, -0.05) is 18.2 Å². The SMILES string of the molecule is CCOC(=O)c1nc(-c2cc3ccccc3s2)oc1N. The van der Waals surface area contributed by atoms with Crippen molar-refractivity contribution in [2.75, 3.05) is 12.3 Å². The molecule has 6 heteroatoms. The molecular formula is C14H12N2O3S. The van der Waals surface area contributed by atoms with Gasteiger partial charge in [0.25, 0.3) is 0 Å². The molecule has 0 spiro atoms. The third-order valence-electron chi connectivity index (χ3n) is 2.76. The molecule has 2 aromatic heterocycles. The highest BCUT2D eigenvalue weighted by atomic mass is 32.1. The number of carbonyl (C=O) groups is 1. The van der Waals surface area contributed by atoms with Crippen molar-refractivity contribution >= 4 is 33.3 Å². The molecule has 0 saturated heterocycles. The minimum absolute atomic E-state index is 0.0177. The smallest absolute Gasteiger partial charge is 0.362 e. The maximum Gasteiger partial charge on any atom is 0.362 e. The zero-order valence-electron chi connectivity index (χ0n) is 10.8. The second-order valence-corrected chi connectivity index (χ2v) is 5.18. The molecule has 0 atom stereocenters. The second-order valence-electron chi connectivity index (χ2n) is 4.10. The Balaban J connectivity index is 2.02. The van der Waals surface area contributed by atoms with Crippen molar-refractivity contribution < 1.29 is 13.9 Å². The molecule has 0 aliphatic carbocycles. The van der Waals surface area contributed by atoms with Crippen molar-refractivity contribution in [1.82, 2.24) is 4.98 Å². The fraction of sp³-hybridized carbons (Fsp3) is 0.143. The lowest BCUT2D eigenvalue weighted by Crippen LogP contribution is -2.07. The van der Waals surface area contributed by atoms with Crippen LogP contribution in [0.25, 0.3) is 20.9 Å². The lowest BCUT2D eigenvalue weighted by molar-refractivity contribution is 0.0521. The van der Waals surface area contributed by atoms with Crippen LogP contribution in [-0.2, 0) is 4.74 Å². The van der Waals surface area contributed by atoms with Gasteiger partial charge >= 0.3 is 5.97 Å². The molecule has 0 aliphatic heterocycles. The minimum atomic E-state index is -0.568. The molecule has 0 unspecified atom stereocenters. The number of fused-ring (bicyclic) bond motifs is 1. The highest BCUT2D eigenvalue weighted by Crippen LogP contribution is 2.34. The van der Waals surface area contributed by atoms with Gasteiger partial charge in [0.05, 0.1) is 11.5 Å². The third-order valence-corrected chi connectivity index (χ3v) is 3.86. The standard InChI is InChI=1S/C14H12N2O3S/c1-2-18-14(17)11-12(15)19-13(16-11)10-7-8-5-3-4-6-9(8)20-10/h3-7H,2,15H2,1H3. The van der Waals surface area contributed by atoms with Crippen LogP contribution in [0.1, 0.15) is 17.4 Å². The summed E-state index contributed by atoms with van der Waals surface area (Å²) >= 11 is 1.53. The van der Waals surface area contributed by atoms with Gasteiger partial charge in [-0.3, -0.25) is 0 Å². The number of ether oxygens (including phenoxy) is 1. The van der Waals surface area contributed by atoms with E-state index in [9.17, 15) is 4.79 Å². The Morgan fingerprint density at radius 3 is 3.00 bits per heavy atom. The fourth-order valence-electron chi connectivity index (χ4n) is 1.87. The number of hydrogen-bond donors (Lipinski definition) is 1. The van der Waals surface area contributed by atoms with Crippen LogP contribution in [0.15, 0.2) is 34.7 Å². The first-order valence-corrected chi connectivity index (χ1v) is 6.93. The summed E-state index contributed by atoms with van der Waals surface area (Å²) in [7, 11) is 0. The first kappa shape index (κ1) is 12.7. The van der Waals surface area contributed by atoms with Crippen LogP contribution in [0.4, 0.5) is 5.88 Å². The normalized spacial score (nSPS) is 10.8. The van der Waals surface area contributed by atoms with Gasteiger partial charge in [-0.05, 0) is 24.4 Å². The molecule has 0 saturated carbocycles. The van der Waals surface area contributed by atoms with Crippen LogP contribution in [0.2, 0.25) is 0 Å². The van der Waals surface area contributed by atoms with Crippen LogP contribution in [0, 0.1) is 0 Å². The number of carbonyl (C=O) groups excluding carboxylic acids is 1. The molecule has 0 amide bonds. The molecule has 3 rings (SSSR count). The average molecular weight is 288 g/mol. The fourth-order valence-corrected chi connectivity index (χ4v) is 2.86. The van der Waals surface area contributed by atoms with E-state index in [-0.39, 0.29) is 18.2 Å². The Morgan fingerprint density at radius 2 is 2.25 bits per heavy atom. The summed E-state index contributed by atoms with van der Waals surface area (Å²) in [5.41, 5.74) is 5.71. The average Bonchev–Trinajstić information content (AvgIpc) is 3.02. The van der Waals surface area contributed by atoms with Gasteiger partial charge in [-0.2, -0.15) is 4.98 Å². The number of esters is 1. The van der Waals surface area contributed by atoms with Gasteiger partial charge in [0.15, 0.2) is 0 Å². The van der Waals surface area contributed by atoms with Crippen LogP contribution >= 0.6 is 11.3 Å². The first-order valence-electron chi connectivity index (χ1n) is 6.11. The van der Waals surface area contributed by atoms with E-state index in [1.807, 2.05) is 30.3 Å². The van der Waals surface area contributed by atoms with Crippen LogP contribution in [-0.4, -0.2) is 17.6 Å². The quantitative estimate of drug-likeness (QED) is 0.748.